The third-order valence-corrected chi connectivity index (χ3v) is 3.63. The van der Waals surface area contributed by atoms with Crippen LogP contribution in [0.25, 0.3) is 10.2 Å². The lowest BCUT2D eigenvalue weighted by Crippen LogP contribution is -2.13. The summed E-state index contributed by atoms with van der Waals surface area (Å²) in [4.78, 5) is 8.54. The third-order valence-electron chi connectivity index (χ3n) is 2.69. The molecule has 1 aliphatic rings. The molecule has 0 atom stereocenters. The SMILES string of the molecule is Cc1cc2c(NC3CC3)nc(C(F)(F)F)nc2s1. The maximum atomic E-state index is 12.7. The van der Waals surface area contributed by atoms with E-state index in [1.165, 1.54) is 11.3 Å². The number of fused-ring (bicyclic) bond motifs is 1. The van der Waals surface area contributed by atoms with Crippen molar-refractivity contribution in [1.29, 1.82) is 0 Å². The minimum atomic E-state index is -4.51. The van der Waals surface area contributed by atoms with E-state index in [-0.39, 0.29) is 6.04 Å². The number of alkyl halides is 3. The second-order valence-electron chi connectivity index (χ2n) is 4.39. The van der Waals surface area contributed by atoms with Crippen LogP contribution in [0.4, 0.5) is 19.0 Å². The van der Waals surface area contributed by atoms with Gasteiger partial charge in [0.1, 0.15) is 10.6 Å². The van der Waals surface area contributed by atoms with Gasteiger partial charge in [-0.05, 0) is 25.8 Å². The maximum absolute atomic E-state index is 12.7. The van der Waals surface area contributed by atoms with Crippen molar-refractivity contribution in [3.8, 4) is 0 Å². The van der Waals surface area contributed by atoms with Gasteiger partial charge < -0.3 is 5.32 Å². The topological polar surface area (TPSA) is 37.8 Å². The molecule has 2 aromatic rings. The first-order chi connectivity index (χ1) is 8.43. The molecule has 0 unspecified atom stereocenters. The highest BCUT2D eigenvalue weighted by Gasteiger charge is 2.36. The monoisotopic (exact) mass is 273 g/mol. The smallest absolute Gasteiger partial charge is 0.367 e. The quantitative estimate of drug-likeness (QED) is 0.908. The summed E-state index contributed by atoms with van der Waals surface area (Å²) >= 11 is 1.25. The normalized spacial score (nSPS) is 16.2. The van der Waals surface area contributed by atoms with Gasteiger partial charge in [-0.25, -0.2) is 9.97 Å². The second kappa shape index (κ2) is 3.81. The molecule has 7 heteroatoms. The number of hydrogen-bond acceptors (Lipinski definition) is 4. The zero-order valence-electron chi connectivity index (χ0n) is 9.51. The molecule has 2 aromatic heterocycles. The number of halogens is 3. The van der Waals surface area contributed by atoms with E-state index in [2.05, 4.69) is 15.3 Å². The number of anilines is 1. The van der Waals surface area contributed by atoms with Crippen molar-refractivity contribution in [2.75, 3.05) is 5.32 Å². The van der Waals surface area contributed by atoms with E-state index in [9.17, 15) is 13.2 Å². The van der Waals surface area contributed by atoms with Crippen molar-refractivity contribution >= 4 is 27.4 Å². The minimum absolute atomic E-state index is 0.254. The predicted octanol–water partition coefficient (Wildman–Crippen LogP) is 3.59. The molecule has 2 heterocycles. The van der Waals surface area contributed by atoms with Gasteiger partial charge in [0.25, 0.3) is 0 Å². The van der Waals surface area contributed by atoms with Gasteiger partial charge in [-0.2, -0.15) is 13.2 Å². The first-order valence-corrected chi connectivity index (χ1v) is 6.37. The van der Waals surface area contributed by atoms with Crippen molar-refractivity contribution < 1.29 is 13.2 Å². The summed E-state index contributed by atoms with van der Waals surface area (Å²) in [6, 6.07) is 2.08. The van der Waals surface area contributed by atoms with E-state index in [0.717, 1.165) is 17.7 Å². The van der Waals surface area contributed by atoms with Gasteiger partial charge in [0.15, 0.2) is 0 Å². The molecular formula is C11H10F3N3S. The van der Waals surface area contributed by atoms with Gasteiger partial charge >= 0.3 is 6.18 Å². The largest absolute Gasteiger partial charge is 0.451 e. The highest BCUT2D eigenvalue weighted by atomic mass is 32.1. The van der Waals surface area contributed by atoms with Gasteiger partial charge in [0.2, 0.25) is 5.82 Å². The predicted molar refractivity (Wildman–Crippen MR) is 63.8 cm³/mol. The van der Waals surface area contributed by atoms with Crippen LogP contribution >= 0.6 is 11.3 Å². The number of nitrogens with one attached hydrogen (secondary N) is 1. The lowest BCUT2D eigenvalue weighted by molar-refractivity contribution is -0.144. The zero-order chi connectivity index (χ0) is 12.9. The summed E-state index contributed by atoms with van der Waals surface area (Å²) in [7, 11) is 0. The molecule has 18 heavy (non-hydrogen) atoms. The molecule has 3 rings (SSSR count). The van der Waals surface area contributed by atoms with Crippen LogP contribution in [0.5, 0.6) is 0 Å². The lowest BCUT2D eigenvalue weighted by Gasteiger charge is -2.09. The zero-order valence-corrected chi connectivity index (χ0v) is 10.3. The van der Waals surface area contributed by atoms with Crippen LogP contribution in [0, 0.1) is 6.92 Å². The number of aromatic nitrogens is 2. The van der Waals surface area contributed by atoms with E-state index in [4.69, 9.17) is 0 Å². The maximum Gasteiger partial charge on any atom is 0.451 e. The van der Waals surface area contributed by atoms with Crippen LogP contribution in [0.2, 0.25) is 0 Å². The summed E-state index contributed by atoms with van der Waals surface area (Å²) in [5.41, 5.74) is 0. The van der Waals surface area contributed by atoms with Crippen LogP contribution in [-0.2, 0) is 6.18 Å². The Morgan fingerprint density at radius 2 is 2.06 bits per heavy atom. The molecule has 1 aliphatic carbocycles. The van der Waals surface area contributed by atoms with Crippen LogP contribution in [0.3, 0.4) is 0 Å². The van der Waals surface area contributed by atoms with Crippen molar-refractivity contribution in [3.05, 3.63) is 16.8 Å². The molecule has 1 fully saturated rings. The van der Waals surface area contributed by atoms with Crippen LogP contribution < -0.4 is 5.32 Å². The Labute approximate surface area is 105 Å². The van der Waals surface area contributed by atoms with Gasteiger partial charge in [0, 0.05) is 10.9 Å². The first-order valence-electron chi connectivity index (χ1n) is 5.55. The van der Waals surface area contributed by atoms with Gasteiger partial charge in [-0.1, -0.05) is 0 Å². The number of hydrogen-bond donors (Lipinski definition) is 1. The standard InChI is InChI=1S/C11H10F3N3S/c1-5-4-7-8(15-6-2-3-6)16-10(11(12,13)14)17-9(7)18-5/h4,6H,2-3H2,1H3,(H,15,16,17). The molecule has 0 saturated heterocycles. The van der Waals surface area contributed by atoms with Crippen LogP contribution in [0.1, 0.15) is 23.5 Å². The molecule has 0 aromatic carbocycles. The van der Waals surface area contributed by atoms with Crippen molar-refractivity contribution in [2.45, 2.75) is 32.0 Å². The van der Waals surface area contributed by atoms with Crippen molar-refractivity contribution in [3.63, 3.8) is 0 Å². The fourth-order valence-corrected chi connectivity index (χ4v) is 2.58. The Bertz CT molecular complexity index is 601. The molecule has 0 spiro atoms. The Balaban J connectivity index is 2.15. The second-order valence-corrected chi connectivity index (χ2v) is 5.62. The van der Waals surface area contributed by atoms with Gasteiger partial charge in [0.05, 0.1) is 5.39 Å². The van der Waals surface area contributed by atoms with Crippen molar-refractivity contribution in [1.82, 2.24) is 9.97 Å². The molecular weight excluding hydrogens is 263 g/mol. The molecule has 96 valence electrons. The lowest BCUT2D eigenvalue weighted by atomic mass is 10.3. The molecule has 0 bridgehead atoms. The van der Waals surface area contributed by atoms with E-state index in [0.29, 0.717) is 16.0 Å². The van der Waals surface area contributed by atoms with E-state index in [1.807, 2.05) is 13.0 Å². The van der Waals surface area contributed by atoms with Crippen LogP contribution in [-0.4, -0.2) is 16.0 Å². The number of nitrogens with zero attached hydrogens (tertiary/aromatic N) is 2. The summed E-state index contributed by atoms with van der Waals surface area (Å²) in [5, 5.41) is 3.72. The van der Waals surface area contributed by atoms with E-state index < -0.39 is 12.0 Å². The molecule has 3 nitrogen and oxygen atoms in total. The molecule has 0 aliphatic heterocycles. The molecule has 0 amide bonds. The third kappa shape index (κ3) is 2.14. The van der Waals surface area contributed by atoms with E-state index in [1.54, 1.807) is 0 Å². The summed E-state index contributed by atoms with van der Waals surface area (Å²) in [6.45, 7) is 1.85. The van der Waals surface area contributed by atoms with Crippen LogP contribution in [0.15, 0.2) is 6.07 Å². The Morgan fingerprint density at radius 1 is 1.33 bits per heavy atom. The summed E-state index contributed by atoms with van der Waals surface area (Å²) in [5.74, 6) is -0.765. The van der Waals surface area contributed by atoms with E-state index >= 15 is 0 Å². The Hall–Kier alpha value is -1.37. The molecule has 1 saturated carbocycles. The highest BCUT2D eigenvalue weighted by molar-refractivity contribution is 7.18. The average Bonchev–Trinajstić information content (AvgIpc) is 2.97. The average molecular weight is 273 g/mol. The number of rotatable bonds is 2. The molecule has 0 radical (unpaired) electrons. The number of thiophene rings is 1. The fraction of sp³-hybridized carbons (Fsp3) is 0.455. The minimum Gasteiger partial charge on any atom is -0.367 e. The van der Waals surface area contributed by atoms with Gasteiger partial charge in [-0.15, -0.1) is 11.3 Å². The Morgan fingerprint density at radius 3 is 2.67 bits per heavy atom. The molecule has 1 N–H and O–H groups in total. The summed E-state index contributed by atoms with van der Waals surface area (Å²) < 4.78 is 38.1. The van der Waals surface area contributed by atoms with Gasteiger partial charge in [-0.3, -0.25) is 0 Å². The fourth-order valence-electron chi connectivity index (χ4n) is 1.70. The number of aryl methyl sites for hydroxylation is 1. The Kier molecular flexibility index (Phi) is 2.48. The highest BCUT2D eigenvalue weighted by Crippen LogP contribution is 2.35. The van der Waals surface area contributed by atoms with Crippen molar-refractivity contribution in [2.24, 2.45) is 0 Å². The first kappa shape index (κ1) is 11.7. The summed E-state index contributed by atoms with van der Waals surface area (Å²) in [6.07, 6.45) is -2.54.